The van der Waals surface area contributed by atoms with E-state index in [1.165, 1.54) is 5.57 Å². The van der Waals surface area contributed by atoms with Crippen molar-refractivity contribution in [2.45, 2.75) is 85.5 Å². The van der Waals surface area contributed by atoms with Crippen LogP contribution in [0.5, 0.6) is 0 Å². The van der Waals surface area contributed by atoms with E-state index in [1.807, 2.05) is 0 Å². The number of allylic oxidation sites excluding steroid dienone is 3. The normalized spacial score (nSPS) is 18.3. The summed E-state index contributed by atoms with van der Waals surface area (Å²) in [6, 6.07) is 0. The summed E-state index contributed by atoms with van der Waals surface area (Å²) in [5.74, 6) is 0.746. The van der Waals surface area contributed by atoms with Crippen LogP contribution in [-0.4, -0.2) is 26.1 Å². The molecule has 1 N–H and O–H groups in total. The van der Waals surface area contributed by atoms with Crippen LogP contribution in [-0.2, 0) is 4.43 Å². The van der Waals surface area contributed by atoms with Gasteiger partial charge < -0.3 is 9.53 Å². The van der Waals surface area contributed by atoms with Crippen molar-refractivity contribution in [2.24, 2.45) is 11.8 Å². The summed E-state index contributed by atoms with van der Waals surface area (Å²) in [7, 11) is -1.72. The molecule has 0 heterocycles. The summed E-state index contributed by atoms with van der Waals surface area (Å²) in [5, 5.41) is 9.31. The minimum atomic E-state index is -1.72. The Balaban J connectivity index is 4.83. The molecule has 0 fully saturated rings. The molecular formula is C20H40O2Si. The lowest BCUT2D eigenvalue weighted by molar-refractivity contribution is 0.141. The van der Waals surface area contributed by atoms with Crippen molar-refractivity contribution >= 4 is 8.32 Å². The molecule has 0 aromatic rings. The van der Waals surface area contributed by atoms with E-state index in [9.17, 15) is 0 Å². The molecule has 0 aliphatic carbocycles. The van der Waals surface area contributed by atoms with Gasteiger partial charge in [0.2, 0.25) is 0 Å². The van der Waals surface area contributed by atoms with Crippen molar-refractivity contribution in [3.8, 4) is 0 Å². The van der Waals surface area contributed by atoms with E-state index < -0.39 is 8.32 Å². The monoisotopic (exact) mass is 340 g/mol. The summed E-state index contributed by atoms with van der Waals surface area (Å²) < 4.78 is 6.61. The quantitative estimate of drug-likeness (QED) is 0.415. The summed E-state index contributed by atoms with van der Waals surface area (Å²) in [5.41, 5.74) is 1.28. The Bertz CT molecular complexity index is 391. The minimum absolute atomic E-state index is 0.249. The molecule has 0 aromatic heterocycles. The fourth-order valence-corrected chi connectivity index (χ4v) is 3.75. The molecule has 0 saturated heterocycles. The third kappa shape index (κ3) is 8.32. The Hall–Kier alpha value is -0.383. The van der Waals surface area contributed by atoms with Gasteiger partial charge in [0.25, 0.3) is 0 Å². The van der Waals surface area contributed by atoms with Gasteiger partial charge in [-0.1, -0.05) is 65.3 Å². The Morgan fingerprint density at radius 3 is 2.22 bits per heavy atom. The molecule has 2 nitrogen and oxygen atoms in total. The first-order valence-electron chi connectivity index (χ1n) is 9.08. The average molecular weight is 341 g/mol. The molecule has 0 bridgehead atoms. The van der Waals surface area contributed by atoms with E-state index in [-0.39, 0.29) is 17.7 Å². The van der Waals surface area contributed by atoms with Crippen LogP contribution in [0.15, 0.2) is 23.8 Å². The first-order chi connectivity index (χ1) is 10.4. The van der Waals surface area contributed by atoms with Gasteiger partial charge >= 0.3 is 0 Å². The Kier molecular flexibility index (Phi) is 9.64. The Labute approximate surface area is 146 Å². The van der Waals surface area contributed by atoms with Gasteiger partial charge in [-0.2, -0.15) is 0 Å². The third-order valence-corrected chi connectivity index (χ3v) is 9.50. The predicted octanol–water partition coefficient (Wildman–Crippen LogP) is 5.94. The van der Waals surface area contributed by atoms with E-state index in [0.29, 0.717) is 11.8 Å². The Morgan fingerprint density at radius 2 is 1.78 bits per heavy atom. The van der Waals surface area contributed by atoms with Gasteiger partial charge in [0.15, 0.2) is 8.32 Å². The van der Waals surface area contributed by atoms with Crippen molar-refractivity contribution in [1.82, 2.24) is 0 Å². The van der Waals surface area contributed by atoms with Crippen LogP contribution < -0.4 is 0 Å². The van der Waals surface area contributed by atoms with E-state index >= 15 is 0 Å². The Morgan fingerprint density at radius 1 is 1.22 bits per heavy atom. The van der Waals surface area contributed by atoms with Crippen molar-refractivity contribution in [1.29, 1.82) is 0 Å². The van der Waals surface area contributed by atoms with E-state index in [2.05, 4.69) is 79.8 Å². The van der Waals surface area contributed by atoms with Crippen LogP contribution in [0.2, 0.25) is 18.1 Å². The van der Waals surface area contributed by atoms with Crippen molar-refractivity contribution in [2.75, 3.05) is 6.61 Å². The maximum Gasteiger partial charge on any atom is 0.192 e. The zero-order valence-corrected chi connectivity index (χ0v) is 17.9. The zero-order chi connectivity index (χ0) is 18.3. The summed E-state index contributed by atoms with van der Waals surface area (Å²) in [6.07, 6.45) is 8.91. The molecule has 0 spiro atoms. The number of hydrogen-bond donors (Lipinski definition) is 1. The second kappa shape index (κ2) is 9.80. The smallest absolute Gasteiger partial charge is 0.192 e. The molecule has 3 atom stereocenters. The molecule has 0 saturated carbocycles. The molecule has 3 heteroatoms. The maximum atomic E-state index is 9.06. The van der Waals surface area contributed by atoms with Crippen molar-refractivity contribution < 1.29 is 9.53 Å². The summed E-state index contributed by atoms with van der Waals surface area (Å²) in [4.78, 5) is 0. The van der Waals surface area contributed by atoms with E-state index in [4.69, 9.17) is 9.53 Å². The molecule has 23 heavy (non-hydrogen) atoms. The molecule has 136 valence electrons. The lowest BCUT2D eigenvalue weighted by atomic mass is 9.99. The van der Waals surface area contributed by atoms with Gasteiger partial charge in [-0.3, -0.25) is 0 Å². The molecule has 0 rings (SSSR count). The number of aliphatic hydroxyl groups is 1. The van der Waals surface area contributed by atoms with Crippen LogP contribution in [0, 0.1) is 11.8 Å². The van der Waals surface area contributed by atoms with Crippen molar-refractivity contribution in [3.63, 3.8) is 0 Å². The van der Waals surface area contributed by atoms with Gasteiger partial charge in [0, 0.05) is 6.61 Å². The SMILES string of the molecule is CC[C@H](O[Si](C)(C)C(C)(C)C)[C@H](C)/C=C(C)/C=C/C[C@@H](C)CO. The third-order valence-electron chi connectivity index (χ3n) is 5.00. The topological polar surface area (TPSA) is 29.5 Å². The molecular weight excluding hydrogens is 300 g/mol. The van der Waals surface area contributed by atoms with E-state index in [0.717, 1.165) is 12.8 Å². The van der Waals surface area contributed by atoms with Crippen LogP contribution in [0.25, 0.3) is 0 Å². The first-order valence-corrected chi connectivity index (χ1v) is 12.0. The number of aliphatic hydroxyl groups excluding tert-OH is 1. The lowest BCUT2D eigenvalue weighted by Crippen LogP contribution is -2.45. The predicted molar refractivity (Wildman–Crippen MR) is 105 cm³/mol. The first kappa shape index (κ1) is 22.6. The van der Waals surface area contributed by atoms with Gasteiger partial charge in [0.1, 0.15) is 0 Å². The standard InChI is InChI=1S/C20H40O2Si/c1-10-19(22-23(8,9)20(5,6)7)18(4)14-16(2)12-11-13-17(3)15-21/h11-12,14,17-19,21H,10,13,15H2,1-9H3/b12-11+,16-14+/t17-,18-,19+/m1/s1. The molecule has 0 aliphatic rings. The van der Waals surface area contributed by atoms with Crippen LogP contribution in [0.3, 0.4) is 0 Å². The average Bonchev–Trinajstić information content (AvgIpc) is 2.42. The largest absolute Gasteiger partial charge is 0.413 e. The molecule has 0 amide bonds. The van der Waals surface area contributed by atoms with Crippen LogP contribution in [0.4, 0.5) is 0 Å². The molecule has 0 radical (unpaired) electrons. The highest BCUT2D eigenvalue weighted by Gasteiger charge is 2.39. The molecule has 0 unspecified atom stereocenters. The summed E-state index contributed by atoms with van der Waals surface area (Å²) in [6.45, 7) is 20.5. The fourth-order valence-electron chi connectivity index (χ4n) is 2.26. The lowest BCUT2D eigenvalue weighted by Gasteiger charge is -2.40. The second-order valence-electron chi connectivity index (χ2n) is 8.52. The number of rotatable bonds is 9. The second-order valence-corrected chi connectivity index (χ2v) is 13.3. The maximum absolute atomic E-state index is 9.06. The summed E-state index contributed by atoms with van der Waals surface area (Å²) >= 11 is 0. The highest BCUT2D eigenvalue weighted by Crippen LogP contribution is 2.38. The zero-order valence-electron chi connectivity index (χ0n) is 16.9. The number of hydrogen-bond acceptors (Lipinski definition) is 2. The minimum Gasteiger partial charge on any atom is -0.413 e. The van der Waals surface area contributed by atoms with Crippen LogP contribution >= 0.6 is 0 Å². The van der Waals surface area contributed by atoms with Gasteiger partial charge in [-0.05, 0) is 49.7 Å². The van der Waals surface area contributed by atoms with Gasteiger partial charge in [-0.25, -0.2) is 0 Å². The molecule has 0 aromatic carbocycles. The molecule has 0 aliphatic heterocycles. The fraction of sp³-hybridized carbons (Fsp3) is 0.800. The van der Waals surface area contributed by atoms with E-state index in [1.54, 1.807) is 0 Å². The highest BCUT2D eigenvalue weighted by atomic mass is 28.4. The van der Waals surface area contributed by atoms with Crippen LogP contribution in [0.1, 0.15) is 61.3 Å². The van der Waals surface area contributed by atoms with Crippen molar-refractivity contribution in [3.05, 3.63) is 23.8 Å². The van der Waals surface area contributed by atoms with Gasteiger partial charge in [0.05, 0.1) is 6.10 Å². The van der Waals surface area contributed by atoms with Gasteiger partial charge in [-0.15, -0.1) is 0 Å². The highest BCUT2D eigenvalue weighted by molar-refractivity contribution is 6.74.